The fourth-order valence-corrected chi connectivity index (χ4v) is 2.62. The molecule has 1 N–H and O–H groups in total. The molecule has 1 aliphatic heterocycles. The summed E-state index contributed by atoms with van der Waals surface area (Å²) in [4.78, 5) is 11.6. The second kappa shape index (κ2) is 8.61. The Morgan fingerprint density at radius 2 is 1.96 bits per heavy atom. The first-order chi connectivity index (χ1) is 11.9. The van der Waals surface area contributed by atoms with E-state index in [1.807, 2.05) is 24.3 Å². The molecule has 0 aliphatic carbocycles. The van der Waals surface area contributed by atoms with Crippen LogP contribution < -0.4 is 10.2 Å². The first kappa shape index (κ1) is 16.7. The molecule has 1 saturated heterocycles. The van der Waals surface area contributed by atoms with Gasteiger partial charge in [0.05, 0.1) is 18.9 Å². The number of aromatic nitrogens is 2. The van der Waals surface area contributed by atoms with Gasteiger partial charge < -0.3 is 19.7 Å². The second-order valence-electron chi connectivity index (χ2n) is 5.68. The lowest BCUT2D eigenvalue weighted by Gasteiger charge is -2.27. The van der Waals surface area contributed by atoms with Crippen LogP contribution in [0, 0.1) is 0 Å². The van der Waals surface area contributed by atoms with Crippen LogP contribution in [0.1, 0.15) is 6.42 Å². The van der Waals surface area contributed by atoms with Crippen molar-refractivity contribution in [2.24, 2.45) is 0 Å². The van der Waals surface area contributed by atoms with Crippen LogP contribution in [0.5, 0.6) is 0 Å². The Bertz CT molecular complexity index is 630. The van der Waals surface area contributed by atoms with Crippen LogP contribution in [-0.4, -0.2) is 56.5 Å². The van der Waals surface area contributed by atoms with Crippen molar-refractivity contribution in [3.05, 3.63) is 36.4 Å². The Morgan fingerprint density at radius 3 is 2.71 bits per heavy atom. The zero-order valence-corrected chi connectivity index (χ0v) is 14.1. The van der Waals surface area contributed by atoms with Crippen LogP contribution >= 0.6 is 0 Å². The average molecular weight is 328 g/mol. The summed E-state index contributed by atoms with van der Waals surface area (Å²) < 4.78 is 10.5. The van der Waals surface area contributed by atoms with E-state index in [4.69, 9.17) is 14.5 Å². The minimum Gasteiger partial charge on any atom is -0.385 e. The molecule has 6 heteroatoms. The van der Waals surface area contributed by atoms with Gasteiger partial charge in [0.1, 0.15) is 5.82 Å². The van der Waals surface area contributed by atoms with E-state index in [1.165, 1.54) is 0 Å². The number of nitrogens with zero attached hydrogens (tertiary/aromatic N) is 3. The molecule has 0 amide bonds. The molecule has 128 valence electrons. The smallest absolute Gasteiger partial charge is 0.228 e. The highest BCUT2D eigenvalue weighted by Crippen LogP contribution is 2.23. The standard InChI is InChI=1S/C18H24N4O2/c1-23-11-5-8-19-17-14-16(15-6-3-2-4-7-15)20-18(21-17)22-9-12-24-13-10-22/h2-4,6-7,14H,5,8-13H2,1H3,(H,19,20,21). The van der Waals surface area contributed by atoms with Gasteiger partial charge in [0, 0.05) is 45.0 Å². The van der Waals surface area contributed by atoms with E-state index >= 15 is 0 Å². The predicted octanol–water partition coefficient (Wildman–Crippen LogP) is 2.43. The summed E-state index contributed by atoms with van der Waals surface area (Å²) >= 11 is 0. The van der Waals surface area contributed by atoms with Gasteiger partial charge in [0.2, 0.25) is 5.95 Å². The number of hydrogen-bond donors (Lipinski definition) is 1. The molecule has 0 atom stereocenters. The lowest BCUT2D eigenvalue weighted by molar-refractivity contribution is 0.122. The molecule has 2 aromatic rings. The lowest BCUT2D eigenvalue weighted by Crippen LogP contribution is -2.37. The number of ether oxygens (including phenoxy) is 2. The maximum Gasteiger partial charge on any atom is 0.228 e. The molecule has 3 rings (SSSR count). The van der Waals surface area contributed by atoms with E-state index in [0.717, 1.165) is 68.9 Å². The fraction of sp³-hybridized carbons (Fsp3) is 0.444. The SMILES string of the molecule is COCCCNc1cc(-c2ccccc2)nc(N2CCOCC2)n1. The number of benzene rings is 1. The van der Waals surface area contributed by atoms with Crippen molar-refractivity contribution in [3.8, 4) is 11.3 Å². The second-order valence-corrected chi connectivity index (χ2v) is 5.68. The normalized spacial score (nSPS) is 14.6. The Kier molecular flexibility index (Phi) is 5.98. The molecule has 0 unspecified atom stereocenters. The number of rotatable bonds is 7. The van der Waals surface area contributed by atoms with Crippen LogP contribution in [0.25, 0.3) is 11.3 Å². The highest BCUT2D eigenvalue weighted by atomic mass is 16.5. The fourth-order valence-electron chi connectivity index (χ4n) is 2.62. The van der Waals surface area contributed by atoms with Crippen molar-refractivity contribution in [2.45, 2.75) is 6.42 Å². The van der Waals surface area contributed by atoms with E-state index < -0.39 is 0 Å². The summed E-state index contributed by atoms with van der Waals surface area (Å²) in [6.45, 7) is 4.63. The Balaban J connectivity index is 1.84. The van der Waals surface area contributed by atoms with Crippen molar-refractivity contribution in [2.75, 3.05) is 56.8 Å². The van der Waals surface area contributed by atoms with Crippen LogP contribution in [0.15, 0.2) is 36.4 Å². The van der Waals surface area contributed by atoms with Crippen LogP contribution in [0.2, 0.25) is 0 Å². The predicted molar refractivity (Wildman–Crippen MR) is 95.5 cm³/mol. The molecule has 0 saturated carbocycles. The third-order valence-electron chi connectivity index (χ3n) is 3.91. The molecule has 2 heterocycles. The molecule has 6 nitrogen and oxygen atoms in total. The largest absolute Gasteiger partial charge is 0.385 e. The van der Waals surface area contributed by atoms with E-state index in [1.54, 1.807) is 7.11 Å². The molecule has 24 heavy (non-hydrogen) atoms. The number of hydrogen-bond acceptors (Lipinski definition) is 6. The first-order valence-corrected chi connectivity index (χ1v) is 8.37. The third kappa shape index (κ3) is 4.43. The summed E-state index contributed by atoms with van der Waals surface area (Å²) in [5.41, 5.74) is 2.02. The Morgan fingerprint density at radius 1 is 1.17 bits per heavy atom. The molecular weight excluding hydrogens is 304 g/mol. The molecule has 1 aromatic heterocycles. The van der Waals surface area contributed by atoms with E-state index in [0.29, 0.717) is 0 Å². The summed E-state index contributed by atoms with van der Waals surface area (Å²) in [5, 5.41) is 3.38. The van der Waals surface area contributed by atoms with Crippen molar-refractivity contribution < 1.29 is 9.47 Å². The van der Waals surface area contributed by atoms with Crippen molar-refractivity contribution in [1.29, 1.82) is 0 Å². The summed E-state index contributed by atoms with van der Waals surface area (Å²) in [7, 11) is 1.72. The first-order valence-electron chi connectivity index (χ1n) is 8.37. The van der Waals surface area contributed by atoms with E-state index in [2.05, 4.69) is 27.3 Å². The number of anilines is 2. The number of methoxy groups -OCH3 is 1. The van der Waals surface area contributed by atoms with Crippen molar-refractivity contribution >= 4 is 11.8 Å². The van der Waals surface area contributed by atoms with Crippen molar-refractivity contribution in [3.63, 3.8) is 0 Å². The van der Waals surface area contributed by atoms with Gasteiger partial charge in [0.25, 0.3) is 0 Å². The zero-order chi connectivity index (χ0) is 16.6. The van der Waals surface area contributed by atoms with E-state index in [-0.39, 0.29) is 0 Å². The number of morpholine rings is 1. The molecule has 0 spiro atoms. The third-order valence-corrected chi connectivity index (χ3v) is 3.91. The van der Waals surface area contributed by atoms with Gasteiger partial charge in [-0.15, -0.1) is 0 Å². The molecule has 1 aliphatic rings. The average Bonchev–Trinajstić information content (AvgIpc) is 2.66. The summed E-state index contributed by atoms with van der Waals surface area (Å²) in [5.74, 6) is 1.61. The lowest BCUT2D eigenvalue weighted by atomic mass is 10.1. The minimum atomic E-state index is 0.718. The van der Waals surface area contributed by atoms with E-state index in [9.17, 15) is 0 Å². The monoisotopic (exact) mass is 328 g/mol. The van der Waals surface area contributed by atoms with Gasteiger partial charge in [-0.3, -0.25) is 0 Å². The van der Waals surface area contributed by atoms with Crippen LogP contribution in [0.3, 0.4) is 0 Å². The Hall–Kier alpha value is -2.18. The Labute approximate surface area is 142 Å². The van der Waals surface area contributed by atoms with Gasteiger partial charge in [-0.05, 0) is 6.42 Å². The topological polar surface area (TPSA) is 59.5 Å². The highest BCUT2D eigenvalue weighted by molar-refractivity contribution is 5.64. The van der Waals surface area contributed by atoms with Gasteiger partial charge in [0.15, 0.2) is 0 Å². The van der Waals surface area contributed by atoms with Crippen LogP contribution in [-0.2, 0) is 9.47 Å². The van der Waals surface area contributed by atoms with Gasteiger partial charge >= 0.3 is 0 Å². The zero-order valence-electron chi connectivity index (χ0n) is 14.1. The van der Waals surface area contributed by atoms with Gasteiger partial charge in [-0.2, -0.15) is 4.98 Å². The molecule has 1 aromatic carbocycles. The van der Waals surface area contributed by atoms with Gasteiger partial charge in [-0.25, -0.2) is 4.98 Å². The quantitative estimate of drug-likeness (QED) is 0.788. The number of nitrogens with one attached hydrogen (secondary N) is 1. The van der Waals surface area contributed by atoms with Crippen molar-refractivity contribution in [1.82, 2.24) is 9.97 Å². The van der Waals surface area contributed by atoms with Gasteiger partial charge in [-0.1, -0.05) is 30.3 Å². The minimum absolute atomic E-state index is 0.718. The molecule has 0 bridgehead atoms. The maximum absolute atomic E-state index is 5.43. The molecule has 0 radical (unpaired) electrons. The maximum atomic E-state index is 5.43. The summed E-state index contributed by atoms with van der Waals surface area (Å²) in [6, 6.07) is 12.2. The van der Waals surface area contributed by atoms with Crippen LogP contribution in [0.4, 0.5) is 11.8 Å². The molecular formula is C18H24N4O2. The summed E-state index contributed by atoms with van der Waals surface area (Å²) in [6.07, 6.45) is 0.939. The highest BCUT2D eigenvalue weighted by Gasteiger charge is 2.16. The molecule has 1 fully saturated rings.